The lowest BCUT2D eigenvalue weighted by atomic mass is 9.87. The number of ketones is 2. The fraction of sp³-hybridized carbons (Fsp3) is 0.158. The van der Waals surface area contributed by atoms with Crippen molar-refractivity contribution in [2.45, 2.75) is 12.5 Å². The molecule has 0 amide bonds. The second kappa shape index (κ2) is 5.09. The Hall–Kier alpha value is -2.88. The third-order valence-corrected chi connectivity index (χ3v) is 4.31. The number of hydrogen-bond acceptors (Lipinski definition) is 4. The van der Waals surface area contributed by atoms with Gasteiger partial charge in [0.1, 0.15) is 11.9 Å². The van der Waals surface area contributed by atoms with Gasteiger partial charge < -0.3 is 9.47 Å². The lowest BCUT2D eigenvalue weighted by Crippen LogP contribution is -2.19. The second-order valence-corrected chi connectivity index (χ2v) is 5.56. The highest BCUT2D eigenvalue weighted by molar-refractivity contribution is 6.26. The molecule has 0 fully saturated rings. The van der Waals surface area contributed by atoms with E-state index in [4.69, 9.17) is 9.47 Å². The van der Waals surface area contributed by atoms with Gasteiger partial charge in [-0.25, -0.2) is 0 Å². The quantitative estimate of drug-likeness (QED) is 0.852. The van der Waals surface area contributed by atoms with Crippen molar-refractivity contribution in [3.63, 3.8) is 0 Å². The largest absolute Gasteiger partial charge is 0.496 e. The Balaban J connectivity index is 1.73. The molecule has 0 N–H and O–H groups in total. The van der Waals surface area contributed by atoms with E-state index in [0.29, 0.717) is 28.9 Å². The standard InChI is InChI=1S/C19H14O4/c1-22-15-9-5-4-8-13(15)16-10-14-17(20)11-6-2-3-7-12(11)18(21)19(14)23-16/h2-9,16H,10H2,1H3. The molecule has 2 aromatic carbocycles. The monoisotopic (exact) mass is 306 g/mol. The van der Waals surface area contributed by atoms with Crippen molar-refractivity contribution >= 4 is 11.6 Å². The van der Waals surface area contributed by atoms with Crippen LogP contribution in [0.15, 0.2) is 59.9 Å². The van der Waals surface area contributed by atoms with Crippen LogP contribution in [0.5, 0.6) is 5.75 Å². The maximum atomic E-state index is 12.7. The first-order chi connectivity index (χ1) is 11.2. The molecule has 23 heavy (non-hydrogen) atoms. The van der Waals surface area contributed by atoms with Crippen LogP contribution >= 0.6 is 0 Å². The lowest BCUT2D eigenvalue weighted by Gasteiger charge is -2.16. The molecule has 4 nitrogen and oxygen atoms in total. The van der Waals surface area contributed by atoms with Crippen molar-refractivity contribution in [3.8, 4) is 5.75 Å². The minimum absolute atomic E-state index is 0.118. The molecule has 4 heteroatoms. The van der Waals surface area contributed by atoms with E-state index < -0.39 is 0 Å². The molecular formula is C19H14O4. The van der Waals surface area contributed by atoms with Crippen LogP contribution in [0.2, 0.25) is 0 Å². The molecule has 0 bridgehead atoms. The highest BCUT2D eigenvalue weighted by Gasteiger charge is 2.41. The molecule has 4 rings (SSSR count). The van der Waals surface area contributed by atoms with Crippen LogP contribution in [0, 0.1) is 0 Å². The minimum Gasteiger partial charge on any atom is -0.496 e. The zero-order valence-corrected chi connectivity index (χ0v) is 12.5. The van der Waals surface area contributed by atoms with Crippen molar-refractivity contribution in [2.24, 2.45) is 0 Å². The van der Waals surface area contributed by atoms with Crippen LogP contribution < -0.4 is 4.74 Å². The van der Waals surface area contributed by atoms with E-state index in [1.807, 2.05) is 24.3 Å². The van der Waals surface area contributed by atoms with Gasteiger partial charge in [0.05, 0.1) is 12.7 Å². The van der Waals surface area contributed by atoms with Crippen LogP contribution in [-0.2, 0) is 4.74 Å². The maximum absolute atomic E-state index is 12.7. The molecule has 114 valence electrons. The number of para-hydroxylation sites is 1. The summed E-state index contributed by atoms with van der Waals surface area (Å²) >= 11 is 0. The van der Waals surface area contributed by atoms with E-state index in [0.717, 1.165) is 5.56 Å². The molecule has 1 unspecified atom stereocenters. The SMILES string of the molecule is COc1ccccc1C1CC2=C(O1)C(=O)c1ccccc1C2=O. The Labute approximate surface area is 133 Å². The topological polar surface area (TPSA) is 52.6 Å². The van der Waals surface area contributed by atoms with Gasteiger partial charge in [0, 0.05) is 23.1 Å². The predicted octanol–water partition coefficient (Wildman–Crippen LogP) is 3.49. The molecule has 1 aliphatic carbocycles. The van der Waals surface area contributed by atoms with Crippen LogP contribution in [0.25, 0.3) is 0 Å². The predicted molar refractivity (Wildman–Crippen MR) is 83.6 cm³/mol. The second-order valence-electron chi connectivity index (χ2n) is 5.56. The summed E-state index contributed by atoms with van der Waals surface area (Å²) in [6, 6.07) is 14.4. The smallest absolute Gasteiger partial charge is 0.228 e. The molecule has 0 aromatic heterocycles. The van der Waals surface area contributed by atoms with Gasteiger partial charge in [-0.05, 0) is 6.07 Å². The molecule has 0 saturated heterocycles. The molecule has 0 saturated carbocycles. The zero-order chi connectivity index (χ0) is 16.0. The van der Waals surface area contributed by atoms with Crippen LogP contribution in [0.3, 0.4) is 0 Å². The molecule has 1 heterocycles. The normalized spacial score (nSPS) is 19.3. The zero-order valence-electron chi connectivity index (χ0n) is 12.5. The first-order valence-corrected chi connectivity index (χ1v) is 7.42. The van der Waals surface area contributed by atoms with Gasteiger partial charge in [0.15, 0.2) is 11.5 Å². The number of fused-ring (bicyclic) bond motifs is 1. The molecule has 1 aliphatic heterocycles. The lowest BCUT2D eigenvalue weighted by molar-refractivity contribution is 0.0836. The number of Topliss-reactive ketones (excluding diaryl/α,β-unsaturated/α-hetero) is 2. The number of benzene rings is 2. The fourth-order valence-corrected chi connectivity index (χ4v) is 3.19. The Bertz CT molecular complexity index is 816. The van der Waals surface area contributed by atoms with Crippen LogP contribution in [0.1, 0.15) is 38.8 Å². The summed E-state index contributed by atoms with van der Waals surface area (Å²) in [7, 11) is 1.59. The van der Waals surface area contributed by atoms with Crippen molar-refractivity contribution in [1.29, 1.82) is 0 Å². The summed E-state index contributed by atoms with van der Waals surface area (Å²) in [5, 5.41) is 0. The minimum atomic E-state index is -0.377. The number of methoxy groups -OCH3 is 1. The Morgan fingerprint density at radius 1 is 0.957 bits per heavy atom. The highest BCUT2D eigenvalue weighted by Crippen LogP contribution is 2.43. The number of allylic oxidation sites excluding steroid dienone is 1. The van der Waals surface area contributed by atoms with Gasteiger partial charge in [0.25, 0.3) is 0 Å². The van der Waals surface area contributed by atoms with Crippen LogP contribution in [0.4, 0.5) is 0 Å². The first kappa shape index (κ1) is 13.8. The van der Waals surface area contributed by atoms with Crippen molar-refractivity contribution < 1.29 is 19.1 Å². The number of carbonyl (C=O) groups is 2. The summed E-state index contributed by atoms with van der Waals surface area (Å²) in [5.41, 5.74) is 2.18. The fourth-order valence-electron chi connectivity index (χ4n) is 3.19. The van der Waals surface area contributed by atoms with Gasteiger partial charge >= 0.3 is 0 Å². The average Bonchev–Trinajstić information content (AvgIpc) is 3.05. The van der Waals surface area contributed by atoms with Crippen molar-refractivity contribution in [1.82, 2.24) is 0 Å². The van der Waals surface area contributed by atoms with E-state index in [9.17, 15) is 9.59 Å². The maximum Gasteiger partial charge on any atom is 0.228 e. The van der Waals surface area contributed by atoms with Gasteiger partial charge in [0.2, 0.25) is 5.78 Å². The van der Waals surface area contributed by atoms with Gasteiger partial charge in [-0.1, -0.05) is 42.5 Å². The van der Waals surface area contributed by atoms with E-state index in [1.54, 1.807) is 31.4 Å². The number of ether oxygens (including phenoxy) is 2. The van der Waals surface area contributed by atoms with Crippen molar-refractivity contribution in [3.05, 3.63) is 76.6 Å². The number of carbonyl (C=O) groups excluding carboxylic acids is 2. The molecule has 0 radical (unpaired) electrons. The van der Waals surface area contributed by atoms with E-state index in [1.165, 1.54) is 0 Å². The summed E-state index contributed by atoms with van der Waals surface area (Å²) < 4.78 is 11.2. The third kappa shape index (κ3) is 1.99. The third-order valence-electron chi connectivity index (χ3n) is 4.31. The van der Waals surface area contributed by atoms with E-state index >= 15 is 0 Å². The summed E-state index contributed by atoms with van der Waals surface area (Å²) in [4.78, 5) is 25.3. The molecule has 1 atom stereocenters. The Morgan fingerprint density at radius 2 is 1.61 bits per heavy atom. The average molecular weight is 306 g/mol. The first-order valence-electron chi connectivity index (χ1n) is 7.42. The van der Waals surface area contributed by atoms with Gasteiger partial charge in [-0.3, -0.25) is 9.59 Å². The Kier molecular flexibility index (Phi) is 3.05. The summed E-state index contributed by atoms with van der Waals surface area (Å²) in [6.45, 7) is 0. The molecule has 2 aromatic rings. The summed E-state index contributed by atoms with van der Waals surface area (Å²) in [6.07, 6.45) is 0.00703. The van der Waals surface area contributed by atoms with Crippen molar-refractivity contribution in [2.75, 3.05) is 7.11 Å². The summed E-state index contributed by atoms with van der Waals surface area (Å²) in [5.74, 6) is 0.541. The molecule has 2 aliphatic rings. The number of rotatable bonds is 2. The Morgan fingerprint density at radius 3 is 2.35 bits per heavy atom. The highest BCUT2D eigenvalue weighted by atomic mass is 16.5. The van der Waals surface area contributed by atoms with E-state index in [2.05, 4.69) is 0 Å². The van der Waals surface area contributed by atoms with Gasteiger partial charge in [-0.15, -0.1) is 0 Å². The number of hydrogen-bond donors (Lipinski definition) is 0. The van der Waals surface area contributed by atoms with Gasteiger partial charge in [-0.2, -0.15) is 0 Å². The van der Waals surface area contributed by atoms with E-state index in [-0.39, 0.29) is 23.4 Å². The molecule has 0 spiro atoms. The van der Waals surface area contributed by atoms with Crippen LogP contribution in [-0.4, -0.2) is 18.7 Å². The molecular weight excluding hydrogens is 292 g/mol.